The van der Waals surface area contributed by atoms with Crippen LogP contribution in [0.1, 0.15) is 51.8 Å². The molecule has 182 valence electrons. The van der Waals surface area contributed by atoms with Gasteiger partial charge in [-0.2, -0.15) is 0 Å². The SMILES string of the molecule is CSNC(=O)c1cc(C2CC2)c(OCC2CN(C(c3ccccc3)c3ccccc3F)C2)cc1F. The number of nitrogens with one attached hydrogen (secondary N) is 1. The number of carbonyl (C=O) groups is 1. The minimum atomic E-state index is -0.574. The summed E-state index contributed by atoms with van der Waals surface area (Å²) in [6, 6.07) is 19.7. The number of hydrogen-bond acceptors (Lipinski definition) is 4. The highest BCUT2D eigenvalue weighted by Gasteiger charge is 2.36. The van der Waals surface area contributed by atoms with Crippen molar-refractivity contribution >= 4 is 17.9 Å². The van der Waals surface area contributed by atoms with E-state index in [-0.39, 0.29) is 23.3 Å². The number of rotatable bonds is 9. The van der Waals surface area contributed by atoms with Gasteiger partial charge in [-0.3, -0.25) is 14.4 Å². The first kappa shape index (κ1) is 23.8. The molecular weight excluding hydrogens is 466 g/mol. The summed E-state index contributed by atoms with van der Waals surface area (Å²) in [4.78, 5) is 14.5. The smallest absolute Gasteiger partial charge is 0.264 e. The van der Waals surface area contributed by atoms with E-state index in [0.29, 0.717) is 23.8 Å². The van der Waals surface area contributed by atoms with E-state index in [0.717, 1.165) is 49.0 Å². The van der Waals surface area contributed by atoms with Gasteiger partial charge < -0.3 is 4.74 Å². The fraction of sp³-hybridized carbons (Fsp3) is 0.321. The molecule has 1 saturated carbocycles. The maximum atomic E-state index is 14.7. The van der Waals surface area contributed by atoms with Gasteiger partial charge in [0.2, 0.25) is 0 Å². The first-order chi connectivity index (χ1) is 17.0. The number of carbonyl (C=O) groups excluding carboxylic acids is 1. The predicted octanol–water partition coefficient (Wildman–Crippen LogP) is 5.95. The van der Waals surface area contributed by atoms with Crippen LogP contribution in [0.4, 0.5) is 8.78 Å². The lowest BCUT2D eigenvalue weighted by Gasteiger charge is -2.44. The summed E-state index contributed by atoms with van der Waals surface area (Å²) in [5.74, 6) is -0.127. The largest absolute Gasteiger partial charge is 0.493 e. The summed E-state index contributed by atoms with van der Waals surface area (Å²) < 4.78 is 38.1. The molecule has 0 aromatic heterocycles. The number of amides is 1. The minimum Gasteiger partial charge on any atom is -0.493 e. The van der Waals surface area contributed by atoms with Gasteiger partial charge in [-0.15, -0.1) is 0 Å². The molecule has 4 nitrogen and oxygen atoms in total. The molecule has 0 bridgehead atoms. The van der Waals surface area contributed by atoms with Crippen molar-refractivity contribution in [3.05, 3.63) is 101 Å². The zero-order chi connectivity index (χ0) is 24.4. The Bertz CT molecular complexity index is 1200. The van der Waals surface area contributed by atoms with Crippen LogP contribution in [0.5, 0.6) is 5.75 Å². The predicted molar refractivity (Wildman–Crippen MR) is 135 cm³/mol. The zero-order valence-corrected chi connectivity index (χ0v) is 20.4. The van der Waals surface area contributed by atoms with Crippen LogP contribution >= 0.6 is 11.9 Å². The summed E-state index contributed by atoms with van der Waals surface area (Å²) in [6.07, 6.45) is 3.76. The topological polar surface area (TPSA) is 41.6 Å². The molecule has 1 aliphatic heterocycles. The third-order valence-electron chi connectivity index (χ3n) is 6.70. The summed E-state index contributed by atoms with van der Waals surface area (Å²) >= 11 is 1.15. The second kappa shape index (κ2) is 10.4. The number of nitrogens with zero attached hydrogens (tertiary/aromatic N) is 1. The second-order valence-corrected chi connectivity index (χ2v) is 9.86. The summed E-state index contributed by atoms with van der Waals surface area (Å²) in [7, 11) is 0. The number of likely N-dealkylation sites (tertiary alicyclic amines) is 1. The van der Waals surface area contributed by atoms with E-state index in [9.17, 15) is 13.6 Å². The Labute approximate surface area is 208 Å². The molecule has 1 unspecified atom stereocenters. The molecule has 0 radical (unpaired) electrons. The molecule has 3 aromatic rings. The maximum absolute atomic E-state index is 14.7. The Morgan fingerprint density at radius 2 is 1.77 bits per heavy atom. The summed E-state index contributed by atoms with van der Waals surface area (Å²) in [5.41, 5.74) is 2.67. The number of ether oxygens (including phenoxy) is 1. The van der Waals surface area contributed by atoms with Gasteiger partial charge in [0, 0.05) is 36.9 Å². The van der Waals surface area contributed by atoms with E-state index < -0.39 is 11.7 Å². The van der Waals surface area contributed by atoms with Crippen LogP contribution in [0.3, 0.4) is 0 Å². The maximum Gasteiger partial charge on any atom is 0.264 e. The van der Waals surface area contributed by atoms with Crippen molar-refractivity contribution in [2.75, 3.05) is 26.0 Å². The minimum absolute atomic E-state index is 0.0546. The lowest BCUT2D eigenvalue weighted by molar-refractivity contribution is 0.0365. The highest BCUT2D eigenvalue weighted by molar-refractivity contribution is 7.97. The van der Waals surface area contributed by atoms with Gasteiger partial charge in [0.25, 0.3) is 5.91 Å². The van der Waals surface area contributed by atoms with Gasteiger partial charge in [0.05, 0.1) is 18.2 Å². The molecule has 2 fully saturated rings. The van der Waals surface area contributed by atoms with E-state index in [2.05, 4.69) is 9.62 Å². The molecule has 1 N–H and O–H groups in total. The van der Waals surface area contributed by atoms with Crippen LogP contribution < -0.4 is 9.46 Å². The standard InChI is InChI=1S/C28H28F2N2O2S/c1-35-31-28(33)23-13-22(19-11-12-19)26(14-25(23)30)34-17-18-15-32(16-18)27(20-7-3-2-4-8-20)21-9-5-6-10-24(21)29/h2-10,13-14,18-19,27H,11-12,15-17H2,1H3,(H,31,33). The van der Waals surface area contributed by atoms with E-state index in [1.54, 1.807) is 18.4 Å². The zero-order valence-electron chi connectivity index (χ0n) is 19.5. The first-order valence-electron chi connectivity index (χ1n) is 11.9. The van der Waals surface area contributed by atoms with Gasteiger partial charge in [-0.05, 0) is 42.0 Å². The number of halogens is 2. The van der Waals surface area contributed by atoms with Crippen LogP contribution in [0.15, 0.2) is 66.7 Å². The molecule has 2 aliphatic rings. The molecule has 1 aliphatic carbocycles. The number of hydrogen-bond donors (Lipinski definition) is 1. The van der Waals surface area contributed by atoms with Gasteiger partial charge in [0.15, 0.2) is 0 Å². The Morgan fingerprint density at radius 1 is 1.06 bits per heavy atom. The molecule has 7 heteroatoms. The normalized spacial score (nSPS) is 17.0. The van der Waals surface area contributed by atoms with Crippen molar-refractivity contribution in [2.24, 2.45) is 5.92 Å². The lowest BCUT2D eigenvalue weighted by Crippen LogP contribution is -2.51. The Hall–Kier alpha value is -2.90. The van der Waals surface area contributed by atoms with Gasteiger partial charge >= 0.3 is 0 Å². The van der Waals surface area contributed by atoms with Crippen molar-refractivity contribution in [3.63, 3.8) is 0 Å². The van der Waals surface area contributed by atoms with E-state index >= 15 is 0 Å². The van der Waals surface area contributed by atoms with Gasteiger partial charge in [-0.25, -0.2) is 8.78 Å². The number of benzene rings is 3. The highest BCUT2D eigenvalue weighted by Crippen LogP contribution is 2.45. The third kappa shape index (κ3) is 5.21. The van der Waals surface area contributed by atoms with Crippen LogP contribution in [-0.2, 0) is 0 Å². The highest BCUT2D eigenvalue weighted by atomic mass is 32.2. The van der Waals surface area contributed by atoms with E-state index in [1.807, 2.05) is 42.5 Å². The first-order valence-corrected chi connectivity index (χ1v) is 13.1. The second-order valence-electron chi connectivity index (χ2n) is 9.25. The lowest BCUT2D eigenvalue weighted by atomic mass is 9.90. The summed E-state index contributed by atoms with van der Waals surface area (Å²) in [5, 5.41) is 0. The molecule has 1 amide bonds. The summed E-state index contributed by atoms with van der Waals surface area (Å²) in [6.45, 7) is 1.96. The Balaban J connectivity index is 1.28. The molecule has 3 aromatic carbocycles. The Morgan fingerprint density at radius 3 is 2.46 bits per heavy atom. The van der Waals surface area contributed by atoms with Crippen LogP contribution in [-0.4, -0.2) is 36.8 Å². The quantitative estimate of drug-likeness (QED) is 0.373. The molecule has 5 rings (SSSR count). The Kier molecular flexibility index (Phi) is 7.07. The fourth-order valence-electron chi connectivity index (χ4n) is 4.78. The molecule has 0 spiro atoms. The molecule has 1 saturated heterocycles. The van der Waals surface area contributed by atoms with Crippen molar-refractivity contribution in [3.8, 4) is 5.75 Å². The molecule has 35 heavy (non-hydrogen) atoms. The van der Waals surface area contributed by atoms with Crippen molar-refractivity contribution < 1.29 is 18.3 Å². The average Bonchev–Trinajstić information content (AvgIpc) is 3.67. The molecular formula is C28H28F2N2O2S. The molecule has 1 heterocycles. The van der Waals surface area contributed by atoms with Crippen LogP contribution in [0.2, 0.25) is 0 Å². The average molecular weight is 495 g/mol. The van der Waals surface area contributed by atoms with Crippen molar-refractivity contribution in [1.82, 2.24) is 9.62 Å². The fourth-order valence-corrected chi connectivity index (χ4v) is 5.08. The van der Waals surface area contributed by atoms with Gasteiger partial charge in [0.1, 0.15) is 17.4 Å². The van der Waals surface area contributed by atoms with Crippen LogP contribution in [0.25, 0.3) is 0 Å². The van der Waals surface area contributed by atoms with Crippen LogP contribution in [0, 0.1) is 17.6 Å². The van der Waals surface area contributed by atoms with Crippen molar-refractivity contribution in [1.29, 1.82) is 0 Å². The van der Waals surface area contributed by atoms with Gasteiger partial charge in [-0.1, -0.05) is 60.5 Å². The molecule has 1 atom stereocenters. The monoisotopic (exact) mass is 494 g/mol. The van der Waals surface area contributed by atoms with E-state index in [4.69, 9.17) is 4.74 Å². The van der Waals surface area contributed by atoms with Crippen molar-refractivity contribution in [2.45, 2.75) is 24.8 Å². The van der Waals surface area contributed by atoms with E-state index in [1.165, 1.54) is 12.1 Å². The third-order valence-corrected chi connectivity index (χ3v) is 7.09.